The number of hydrogen-bond acceptors (Lipinski definition) is 5. The maximum atomic E-state index is 13.5. The highest BCUT2D eigenvalue weighted by atomic mass is 32.2. The Morgan fingerprint density at radius 1 is 1.20 bits per heavy atom. The number of carbonyl (C=O) groups excluding carboxylic acids is 1. The van der Waals surface area contributed by atoms with Gasteiger partial charge < -0.3 is 10.0 Å². The maximum Gasteiger partial charge on any atom is 0.327 e. The average Bonchev–Trinajstić information content (AvgIpc) is 3.10. The largest absolute Gasteiger partial charge is 0.380 e. The molecule has 5 aliphatic rings. The van der Waals surface area contributed by atoms with Crippen LogP contribution < -0.4 is 8.61 Å². The first kappa shape index (κ1) is 23.1. The summed E-state index contributed by atoms with van der Waals surface area (Å²) in [4.78, 5) is 19.4. The van der Waals surface area contributed by atoms with E-state index in [1.54, 1.807) is 17.0 Å². The summed E-state index contributed by atoms with van der Waals surface area (Å²) in [6.07, 6.45) is 6.41. The van der Waals surface area contributed by atoms with E-state index in [0.29, 0.717) is 43.7 Å². The van der Waals surface area contributed by atoms with Gasteiger partial charge in [-0.25, -0.2) is 22.4 Å². The Hall–Kier alpha value is -2.27. The second-order valence-corrected chi connectivity index (χ2v) is 12.7. The highest BCUT2D eigenvalue weighted by molar-refractivity contribution is 7.94. The molecule has 6 rings (SSSR count). The van der Waals surface area contributed by atoms with Crippen LogP contribution in [0.1, 0.15) is 50.6 Å². The van der Waals surface area contributed by atoms with E-state index < -0.39 is 27.7 Å². The van der Waals surface area contributed by atoms with Crippen LogP contribution >= 0.6 is 0 Å². The molecule has 3 atom stereocenters. The molecule has 1 amide bonds. The molecule has 3 aliphatic carbocycles. The van der Waals surface area contributed by atoms with Crippen LogP contribution in [0.4, 0.5) is 20.3 Å². The third kappa shape index (κ3) is 3.64. The second-order valence-electron chi connectivity index (χ2n) is 10.8. The Bertz CT molecular complexity index is 1210. The number of alkyl halides is 2. The monoisotopic (exact) mass is 508 g/mol. The number of likely N-dealkylation sites (tertiary alicyclic amines) is 1. The van der Waals surface area contributed by atoms with Gasteiger partial charge in [0.15, 0.2) is 5.82 Å². The highest BCUT2D eigenvalue weighted by Gasteiger charge is 2.59. The van der Waals surface area contributed by atoms with E-state index in [-0.39, 0.29) is 36.5 Å². The van der Waals surface area contributed by atoms with Crippen molar-refractivity contribution in [3.63, 3.8) is 0 Å². The van der Waals surface area contributed by atoms with Crippen LogP contribution in [0.2, 0.25) is 0 Å². The number of allylic oxidation sites excluding steroid dienone is 1. The number of carbonyl (C=O) groups is 1. The number of aliphatic hydroxyl groups is 1. The Balaban J connectivity index is 1.19. The standard InChI is InChI=1S/C24H30F2N4O4S/c1-28-21-20(30(35(28,33)34)14-18-11-24(18,25)26)6-5-19(27-21)15-9-16-12-29(13-17(16)10-15)22(31)23(32)7-3-2-4-8-23/h5-6,9,16-18,32H,2-4,7-8,10-14H2,1H3. The third-order valence-corrected chi connectivity index (χ3v) is 10.2. The van der Waals surface area contributed by atoms with Crippen molar-refractivity contribution in [3.8, 4) is 0 Å². The molecule has 1 aromatic heterocycles. The summed E-state index contributed by atoms with van der Waals surface area (Å²) in [5, 5.41) is 10.8. The van der Waals surface area contributed by atoms with Crippen molar-refractivity contribution in [3.05, 3.63) is 23.9 Å². The number of nitrogens with zero attached hydrogens (tertiary/aromatic N) is 4. The molecular formula is C24H30F2N4O4S. The van der Waals surface area contributed by atoms with Gasteiger partial charge in [0.25, 0.3) is 11.8 Å². The Morgan fingerprint density at radius 2 is 1.91 bits per heavy atom. The van der Waals surface area contributed by atoms with E-state index in [9.17, 15) is 27.1 Å². The van der Waals surface area contributed by atoms with Gasteiger partial charge in [-0.05, 0) is 48.8 Å². The van der Waals surface area contributed by atoms with Crippen LogP contribution in [-0.2, 0) is 15.0 Å². The molecule has 3 fully saturated rings. The Morgan fingerprint density at radius 3 is 2.57 bits per heavy atom. The summed E-state index contributed by atoms with van der Waals surface area (Å²) in [6, 6.07) is 3.41. The highest BCUT2D eigenvalue weighted by Crippen LogP contribution is 2.51. The number of amides is 1. The number of hydrogen-bond donors (Lipinski definition) is 1. The minimum atomic E-state index is -3.94. The average molecular weight is 509 g/mol. The van der Waals surface area contributed by atoms with E-state index in [0.717, 1.165) is 33.4 Å². The lowest BCUT2D eigenvalue weighted by atomic mass is 9.84. The predicted molar refractivity (Wildman–Crippen MR) is 126 cm³/mol. The smallest absolute Gasteiger partial charge is 0.327 e. The van der Waals surface area contributed by atoms with Gasteiger partial charge in [-0.3, -0.25) is 4.79 Å². The molecule has 1 saturated heterocycles. The lowest BCUT2D eigenvalue weighted by molar-refractivity contribution is -0.153. The van der Waals surface area contributed by atoms with E-state index in [1.165, 1.54) is 7.05 Å². The maximum absolute atomic E-state index is 13.5. The predicted octanol–water partition coefficient (Wildman–Crippen LogP) is 2.79. The van der Waals surface area contributed by atoms with Gasteiger partial charge in [-0.1, -0.05) is 25.3 Å². The molecule has 2 saturated carbocycles. The number of rotatable bonds is 4. The Kier molecular flexibility index (Phi) is 5.04. The van der Waals surface area contributed by atoms with Gasteiger partial charge in [-0.15, -0.1) is 0 Å². The first-order valence-electron chi connectivity index (χ1n) is 12.4. The minimum absolute atomic E-state index is 0.148. The lowest BCUT2D eigenvalue weighted by Crippen LogP contribution is -2.49. The van der Waals surface area contributed by atoms with Crippen LogP contribution in [0.5, 0.6) is 0 Å². The van der Waals surface area contributed by atoms with E-state index in [4.69, 9.17) is 0 Å². The lowest BCUT2D eigenvalue weighted by Gasteiger charge is -2.34. The molecule has 190 valence electrons. The zero-order valence-electron chi connectivity index (χ0n) is 19.7. The molecule has 35 heavy (non-hydrogen) atoms. The van der Waals surface area contributed by atoms with Crippen LogP contribution in [0.25, 0.3) is 5.57 Å². The second kappa shape index (κ2) is 7.61. The fourth-order valence-electron chi connectivity index (χ4n) is 6.20. The van der Waals surface area contributed by atoms with Crippen LogP contribution in [-0.4, -0.2) is 67.5 Å². The quantitative estimate of drug-likeness (QED) is 0.675. The van der Waals surface area contributed by atoms with Crippen molar-refractivity contribution in [2.45, 2.75) is 56.5 Å². The van der Waals surface area contributed by atoms with Crippen molar-refractivity contribution >= 4 is 33.2 Å². The zero-order valence-corrected chi connectivity index (χ0v) is 20.5. The molecule has 3 heterocycles. The summed E-state index contributed by atoms with van der Waals surface area (Å²) < 4.78 is 54.8. The van der Waals surface area contributed by atoms with Gasteiger partial charge in [0.05, 0.1) is 11.4 Å². The molecule has 11 heteroatoms. The fourth-order valence-corrected chi connectivity index (χ4v) is 7.61. The van der Waals surface area contributed by atoms with Crippen molar-refractivity contribution in [1.29, 1.82) is 0 Å². The molecule has 0 radical (unpaired) electrons. The van der Waals surface area contributed by atoms with E-state index in [1.807, 2.05) is 0 Å². The first-order chi connectivity index (χ1) is 16.5. The van der Waals surface area contributed by atoms with E-state index in [2.05, 4.69) is 11.1 Å². The molecule has 8 nitrogen and oxygen atoms in total. The number of aromatic nitrogens is 1. The molecule has 0 bridgehead atoms. The number of halogens is 2. The molecule has 2 aliphatic heterocycles. The summed E-state index contributed by atoms with van der Waals surface area (Å²) >= 11 is 0. The summed E-state index contributed by atoms with van der Waals surface area (Å²) in [7, 11) is -2.54. The van der Waals surface area contributed by atoms with Crippen LogP contribution in [0.15, 0.2) is 18.2 Å². The molecular weight excluding hydrogens is 478 g/mol. The number of fused-ring (bicyclic) bond motifs is 2. The summed E-state index contributed by atoms with van der Waals surface area (Å²) in [6.45, 7) is 0.906. The van der Waals surface area contributed by atoms with Crippen molar-refractivity contribution in [2.24, 2.45) is 17.8 Å². The molecule has 0 aromatic carbocycles. The molecule has 0 spiro atoms. The number of pyridine rings is 1. The minimum Gasteiger partial charge on any atom is -0.380 e. The summed E-state index contributed by atoms with van der Waals surface area (Å²) in [5.74, 6) is -3.26. The van der Waals surface area contributed by atoms with Gasteiger partial charge in [0.2, 0.25) is 0 Å². The van der Waals surface area contributed by atoms with Gasteiger partial charge in [-0.2, -0.15) is 8.42 Å². The van der Waals surface area contributed by atoms with Gasteiger partial charge in [0.1, 0.15) is 5.60 Å². The fraction of sp³-hybridized carbons (Fsp3) is 0.667. The van der Waals surface area contributed by atoms with Crippen molar-refractivity contribution in [2.75, 3.05) is 35.3 Å². The molecule has 3 unspecified atom stereocenters. The van der Waals surface area contributed by atoms with Crippen LogP contribution in [0.3, 0.4) is 0 Å². The third-order valence-electron chi connectivity index (χ3n) is 8.47. The first-order valence-corrected chi connectivity index (χ1v) is 13.8. The number of anilines is 2. The topological polar surface area (TPSA) is 94.1 Å². The summed E-state index contributed by atoms with van der Waals surface area (Å²) in [5.41, 5.74) is 0.777. The Labute approximate surface area is 203 Å². The van der Waals surface area contributed by atoms with Gasteiger partial charge >= 0.3 is 10.2 Å². The molecule has 1 N–H and O–H groups in total. The zero-order chi connectivity index (χ0) is 24.8. The van der Waals surface area contributed by atoms with Crippen molar-refractivity contribution in [1.82, 2.24) is 9.88 Å². The normalized spacial score (nSPS) is 31.8. The van der Waals surface area contributed by atoms with Gasteiger partial charge in [0, 0.05) is 39.0 Å². The van der Waals surface area contributed by atoms with Crippen molar-refractivity contribution < 1.29 is 27.1 Å². The SMILES string of the molecule is CN1c2nc(C3=CC4CN(C(=O)C5(O)CCCCC5)CC4C3)ccc2N(CC2CC2(F)F)S1(=O)=O. The van der Waals surface area contributed by atoms with Crippen LogP contribution in [0, 0.1) is 17.8 Å². The molecule has 1 aromatic rings. The van der Waals surface area contributed by atoms with E-state index >= 15 is 0 Å².